The summed E-state index contributed by atoms with van der Waals surface area (Å²) in [5.74, 6) is 0.882. The van der Waals surface area contributed by atoms with Gasteiger partial charge < -0.3 is 22.8 Å². The first-order valence-electron chi connectivity index (χ1n) is 50.6. The van der Waals surface area contributed by atoms with Gasteiger partial charge in [0.25, 0.3) is 0 Å². The molecule has 0 saturated heterocycles. The van der Waals surface area contributed by atoms with Crippen LogP contribution in [-0.2, 0) is 0 Å². The molecule has 0 spiro atoms. The molecule has 0 N–H and O–H groups in total. The van der Waals surface area contributed by atoms with E-state index in [0.717, 1.165) is 234 Å². The zero-order valence-corrected chi connectivity index (χ0v) is 81.2. The van der Waals surface area contributed by atoms with E-state index in [9.17, 15) is 0 Å². The Morgan fingerprint density at radius 1 is 0.133 bits per heavy atom. The molecule has 0 aliphatic rings. The summed E-state index contributed by atoms with van der Waals surface area (Å²) in [6.07, 6.45) is 9.34. The van der Waals surface area contributed by atoms with Gasteiger partial charge in [-0.05, 0) is 222 Å². The molecule has 0 saturated carbocycles. The van der Waals surface area contributed by atoms with Crippen molar-refractivity contribution in [3.63, 3.8) is 0 Å². The van der Waals surface area contributed by atoms with E-state index in [1.807, 2.05) is 73.4 Å². The van der Waals surface area contributed by atoms with Crippen molar-refractivity contribution in [1.82, 2.24) is 62.3 Å². The van der Waals surface area contributed by atoms with Crippen molar-refractivity contribution >= 4 is 131 Å². The highest BCUT2D eigenvalue weighted by Gasteiger charge is 2.27. The van der Waals surface area contributed by atoms with Gasteiger partial charge in [-0.2, -0.15) is 0 Å². The van der Waals surface area contributed by atoms with Crippen LogP contribution in [0.15, 0.2) is 541 Å². The van der Waals surface area contributed by atoms with E-state index in [2.05, 4.69) is 495 Å². The van der Waals surface area contributed by atoms with E-state index < -0.39 is 0 Å². The van der Waals surface area contributed by atoms with Crippen LogP contribution in [0.1, 0.15) is 0 Å². The third kappa shape index (κ3) is 15.2. The molecular weight excluding hydrogens is 1830 g/mol. The summed E-state index contributed by atoms with van der Waals surface area (Å²) in [6, 6.07) is 180. The molecular formula is C137H89N13. The summed E-state index contributed by atoms with van der Waals surface area (Å²) < 4.78 is 14.2. The largest absolute Gasteiger partial charge is 0.309 e. The van der Waals surface area contributed by atoms with Gasteiger partial charge in [-0.25, -0.2) is 9.97 Å². The fraction of sp³-hybridized carbons (Fsp3) is 0. The van der Waals surface area contributed by atoms with Crippen LogP contribution >= 0.6 is 0 Å². The third-order valence-corrected chi connectivity index (χ3v) is 29.1. The Kier molecular flexibility index (Phi) is 21.6. The summed E-state index contributed by atoms with van der Waals surface area (Å²) in [7, 11) is 0. The quantitative estimate of drug-likeness (QED) is 0.100. The number of aromatic nitrogens is 13. The Hall–Kier alpha value is -20.4. The van der Waals surface area contributed by atoms with E-state index in [1.165, 1.54) is 32.3 Å². The predicted octanol–water partition coefficient (Wildman–Crippen LogP) is 34.4. The lowest BCUT2D eigenvalue weighted by molar-refractivity contribution is 1.08. The van der Waals surface area contributed by atoms with Gasteiger partial charge >= 0.3 is 0 Å². The average Bonchev–Trinajstić information content (AvgIpc) is 1.58. The highest BCUT2D eigenvalue weighted by Crippen LogP contribution is 2.48. The van der Waals surface area contributed by atoms with Crippen LogP contribution in [0.4, 0.5) is 0 Å². The summed E-state index contributed by atoms with van der Waals surface area (Å²) in [6.45, 7) is 0. The van der Waals surface area contributed by atoms with E-state index in [1.54, 1.807) is 0 Å². The molecule has 702 valence electrons. The van der Waals surface area contributed by atoms with Crippen LogP contribution < -0.4 is 0 Å². The minimum atomic E-state index is 0.882. The lowest BCUT2D eigenvalue weighted by Crippen LogP contribution is -2.01. The fourth-order valence-electron chi connectivity index (χ4n) is 22.5. The summed E-state index contributed by atoms with van der Waals surface area (Å²) >= 11 is 0. The van der Waals surface area contributed by atoms with Crippen molar-refractivity contribution in [2.24, 2.45) is 0 Å². The number of benzene rings is 17. The number of rotatable bonds is 15. The van der Waals surface area contributed by atoms with Crippen LogP contribution in [-0.4, -0.2) is 62.3 Å². The van der Waals surface area contributed by atoms with E-state index in [0.29, 0.717) is 0 Å². The number of nitrogens with zero attached hydrogens (tertiary/aromatic N) is 13. The van der Waals surface area contributed by atoms with E-state index in [-0.39, 0.29) is 0 Å². The van der Waals surface area contributed by atoms with Crippen molar-refractivity contribution in [2.45, 2.75) is 0 Å². The number of hydrogen-bond donors (Lipinski definition) is 0. The van der Waals surface area contributed by atoms with Crippen molar-refractivity contribution in [1.29, 1.82) is 0 Å². The maximum absolute atomic E-state index is 5.39. The Bertz CT molecular complexity index is 9320. The second-order valence-corrected chi connectivity index (χ2v) is 37.8. The lowest BCUT2D eigenvalue weighted by Gasteiger charge is -2.15. The molecule has 30 aromatic rings. The monoisotopic (exact) mass is 1920 g/mol. The van der Waals surface area contributed by atoms with Crippen LogP contribution in [0.2, 0.25) is 0 Å². The Balaban J connectivity index is 0.000000108. The fourth-order valence-corrected chi connectivity index (χ4v) is 22.5. The van der Waals surface area contributed by atoms with E-state index >= 15 is 0 Å². The number of fused-ring (bicyclic) bond motifs is 18. The second kappa shape index (κ2) is 37.1. The molecule has 0 atom stereocenters. The number of para-hydroxylation sites is 9. The molecule has 0 aliphatic carbocycles. The van der Waals surface area contributed by atoms with Gasteiger partial charge in [-0.15, -0.1) is 0 Å². The maximum Gasteiger partial charge on any atom is 0.138 e. The Morgan fingerprint density at radius 3 is 0.813 bits per heavy atom. The first kappa shape index (κ1) is 87.4. The molecule has 13 aromatic heterocycles. The molecule has 150 heavy (non-hydrogen) atoms. The molecule has 13 heterocycles. The standard InChI is InChI=1S/2C46H30N4.C45H29N5/c1-4-14-31(15-5-1)34-28-40(32-16-6-2-7-17-32)48-44(30-34)50-41-23-11-10-20-37(41)38-22-12-21-36(46(38)50)33-25-26-39-43(29-33)49(35-18-8-3-9-19-35)42-24-13-27-47-45(39)42;1-4-14-31(15-5-1)40-29-35(30-41(48-40)32-16-6-2-7-17-32)50-42-23-11-10-20-37(42)38-22-12-21-36(46(38)50)33-25-26-39-44(28-33)49(34-18-8-3-9-19-34)43-24-13-27-47-45(39)43;1-2-12-33(13-3-1)49-42-20-11-25-48-44(42)38-22-21-30(29-43(38)49)35-15-10-16-37-36-14-4-5-19-41(36)50(45(35)37)34-27-31(39-17-6-8-23-46-39)26-32(28-34)40-18-7-9-24-47-40/h2*1-30H;1-29H. The minimum absolute atomic E-state index is 0.882. The molecule has 0 aliphatic heterocycles. The van der Waals surface area contributed by atoms with Crippen molar-refractivity contribution in [3.8, 4) is 135 Å². The number of pyridine rings is 7. The average molecular weight is 1920 g/mol. The summed E-state index contributed by atoms with van der Waals surface area (Å²) in [5, 5.41) is 10.6. The van der Waals surface area contributed by atoms with Gasteiger partial charge in [0.15, 0.2) is 0 Å². The SMILES string of the molecule is c1ccc(-c2cc(-c3ccccc3)nc(-n3c4ccccc4c4cccc(-c5ccc6c7ncccc7n(-c7ccccc7)c6c5)c43)c2)cc1.c1ccc(-c2cc(-n3c4ccccc4c4cccc(-c5ccc6c7ncccc7n(-c7ccccc7)c6c5)c43)cc(-c3ccccc3)n2)cc1.c1ccc(-n2c3cc(-c4cccc5c6ccccc6n(-c6cc(-c7ccccn7)cc(-c7ccccn7)c6)c45)ccc3c3ncccc32)cc1. The highest BCUT2D eigenvalue weighted by molar-refractivity contribution is 6.19. The molecule has 17 aromatic carbocycles. The van der Waals surface area contributed by atoms with Gasteiger partial charge in [0.1, 0.15) is 5.82 Å². The molecule has 13 heteroatoms. The van der Waals surface area contributed by atoms with Crippen molar-refractivity contribution in [3.05, 3.63) is 541 Å². The Labute approximate surface area is 863 Å². The van der Waals surface area contributed by atoms with Crippen LogP contribution in [0.5, 0.6) is 0 Å². The van der Waals surface area contributed by atoms with Crippen molar-refractivity contribution in [2.75, 3.05) is 0 Å². The summed E-state index contributed by atoms with van der Waals surface area (Å²) in [4.78, 5) is 34.5. The number of hydrogen-bond acceptors (Lipinski definition) is 7. The topological polar surface area (TPSA) is 120 Å². The van der Waals surface area contributed by atoms with Gasteiger partial charge in [-0.3, -0.25) is 29.5 Å². The zero-order valence-electron chi connectivity index (χ0n) is 81.2. The van der Waals surface area contributed by atoms with Crippen molar-refractivity contribution < 1.29 is 0 Å². The molecule has 0 bridgehead atoms. The molecule has 30 rings (SSSR count). The third-order valence-electron chi connectivity index (χ3n) is 29.1. The smallest absolute Gasteiger partial charge is 0.138 e. The van der Waals surface area contributed by atoms with Crippen LogP contribution in [0.25, 0.3) is 266 Å². The molecule has 0 fully saturated rings. The maximum atomic E-state index is 5.39. The van der Waals surface area contributed by atoms with Gasteiger partial charge in [-0.1, -0.05) is 315 Å². The Morgan fingerprint density at radius 2 is 0.440 bits per heavy atom. The highest BCUT2D eigenvalue weighted by atomic mass is 15.1. The molecule has 0 unspecified atom stereocenters. The first-order valence-corrected chi connectivity index (χ1v) is 50.6. The molecule has 0 amide bonds. The summed E-state index contributed by atoms with van der Waals surface area (Å²) in [5.41, 5.74) is 41.1. The predicted molar refractivity (Wildman–Crippen MR) is 619 cm³/mol. The zero-order chi connectivity index (χ0) is 99.1. The first-order chi connectivity index (χ1) is 74.4. The van der Waals surface area contributed by atoms with Gasteiger partial charge in [0.05, 0.1) is 117 Å². The van der Waals surface area contributed by atoms with E-state index in [4.69, 9.17) is 34.9 Å². The minimum Gasteiger partial charge on any atom is -0.309 e. The molecule has 0 radical (unpaired) electrons. The van der Waals surface area contributed by atoms with Gasteiger partial charge in [0.2, 0.25) is 0 Å². The van der Waals surface area contributed by atoms with Gasteiger partial charge in [0, 0.05) is 147 Å². The molecule has 13 nitrogen and oxygen atoms in total. The van der Waals surface area contributed by atoms with Crippen LogP contribution in [0.3, 0.4) is 0 Å². The lowest BCUT2D eigenvalue weighted by atomic mass is 10.00. The second-order valence-electron chi connectivity index (χ2n) is 37.8. The van der Waals surface area contributed by atoms with Crippen LogP contribution in [0, 0.1) is 0 Å². The normalized spacial score (nSPS) is 11.6.